The van der Waals surface area contributed by atoms with Gasteiger partial charge in [-0.05, 0) is 38.1 Å². The van der Waals surface area contributed by atoms with E-state index in [-0.39, 0.29) is 18.2 Å². The molecule has 0 fully saturated rings. The predicted molar refractivity (Wildman–Crippen MR) is 89.0 cm³/mol. The van der Waals surface area contributed by atoms with Crippen LogP contribution in [0.2, 0.25) is 0 Å². The van der Waals surface area contributed by atoms with Gasteiger partial charge in [0.1, 0.15) is 0 Å². The lowest BCUT2D eigenvalue weighted by Crippen LogP contribution is -2.32. The topological polar surface area (TPSA) is 59.0 Å². The molecule has 2 rings (SSSR count). The monoisotopic (exact) mass is 354 g/mol. The first-order valence-corrected chi connectivity index (χ1v) is 8.03. The molecule has 0 spiro atoms. The first kappa shape index (κ1) is 19.0. The minimum absolute atomic E-state index is 0.0912. The first-order chi connectivity index (χ1) is 11.9. The van der Waals surface area contributed by atoms with Crippen molar-refractivity contribution in [1.82, 2.24) is 15.1 Å². The number of amides is 1. The Hall–Kier alpha value is -2.35. The summed E-state index contributed by atoms with van der Waals surface area (Å²) in [5.41, 5.74) is -1.06. The second kappa shape index (κ2) is 8.66. The number of hydrogen-bond donors (Lipinski definition) is 2. The van der Waals surface area contributed by atoms with Crippen LogP contribution < -0.4 is 10.6 Å². The van der Waals surface area contributed by atoms with Gasteiger partial charge in [0.15, 0.2) is 0 Å². The van der Waals surface area contributed by atoms with E-state index in [9.17, 15) is 18.0 Å². The highest BCUT2D eigenvalue weighted by atomic mass is 19.4. The van der Waals surface area contributed by atoms with Crippen LogP contribution in [0.25, 0.3) is 0 Å². The van der Waals surface area contributed by atoms with Crippen molar-refractivity contribution in [2.75, 3.05) is 11.9 Å². The fraction of sp³-hybridized carbons (Fsp3) is 0.412. The molecule has 136 valence electrons. The Bertz CT molecular complexity index is 671. The van der Waals surface area contributed by atoms with Gasteiger partial charge in [-0.2, -0.15) is 18.3 Å². The minimum atomic E-state index is -4.50. The largest absolute Gasteiger partial charge is 0.418 e. The number of anilines is 1. The van der Waals surface area contributed by atoms with E-state index in [1.54, 1.807) is 6.20 Å². The second-order valence-corrected chi connectivity index (χ2v) is 5.77. The third-order valence-electron chi connectivity index (χ3n) is 3.61. The third kappa shape index (κ3) is 6.22. The maximum absolute atomic E-state index is 12.9. The number of carbonyl (C=O) groups is 1. The van der Waals surface area contributed by atoms with Gasteiger partial charge in [0, 0.05) is 31.4 Å². The van der Waals surface area contributed by atoms with Crippen LogP contribution in [0, 0.1) is 0 Å². The number of aromatic nitrogens is 2. The molecule has 1 atom stereocenters. The molecule has 1 amide bonds. The zero-order chi connectivity index (χ0) is 18.3. The average Bonchev–Trinajstić information content (AvgIpc) is 3.04. The summed E-state index contributed by atoms with van der Waals surface area (Å²) in [6.07, 6.45) is 0.00684. The van der Waals surface area contributed by atoms with E-state index < -0.39 is 17.6 Å². The van der Waals surface area contributed by atoms with Gasteiger partial charge < -0.3 is 10.6 Å². The molecule has 2 N–H and O–H groups in total. The molecular weight excluding hydrogens is 333 g/mol. The molecule has 0 aliphatic heterocycles. The van der Waals surface area contributed by atoms with E-state index in [1.807, 2.05) is 23.9 Å². The van der Waals surface area contributed by atoms with Crippen LogP contribution in [0.5, 0.6) is 0 Å². The van der Waals surface area contributed by atoms with E-state index in [2.05, 4.69) is 15.7 Å². The Morgan fingerprint density at radius 2 is 2.04 bits per heavy atom. The lowest BCUT2D eigenvalue weighted by molar-refractivity contribution is -0.137. The van der Waals surface area contributed by atoms with Crippen LogP contribution in [-0.4, -0.2) is 28.3 Å². The van der Waals surface area contributed by atoms with Crippen LogP contribution in [0.1, 0.15) is 25.3 Å². The Morgan fingerprint density at radius 1 is 1.28 bits per heavy atom. The zero-order valence-electron chi connectivity index (χ0n) is 13.9. The van der Waals surface area contributed by atoms with Crippen molar-refractivity contribution in [3.05, 3.63) is 48.3 Å². The standard InChI is InChI=1S/C17H21F3N4O/c1-13(21-8-4-10-24-11-5-9-22-24)12-16(25)23-15-7-3-2-6-14(15)17(18,19)20/h2-3,5-7,9,11,13,21H,4,8,10,12H2,1H3,(H,23,25). The molecule has 2 aromatic rings. The molecular formula is C17H21F3N4O. The molecule has 0 bridgehead atoms. The van der Waals surface area contributed by atoms with E-state index >= 15 is 0 Å². The molecule has 8 heteroatoms. The van der Waals surface area contributed by atoms with Crippen molar-refractivity contribution in [2.24, 2.45) is 0 Å². The fourth-order valence-corrected chi connectivity index (χ4v) is 2.41. The van der Waals surface area contributed by atoms with Gasteiger partial charge in [0.2, 0.25) is 5.91 Å². The highest BCUT2D eigenvalue weighted by Crippen LogP contribution is 2.34. The van der Waals surface area contributed by atoms with Crippen LogP contribution in [0.4, 0.5) is 18.9 Å². The summed E-state index contributed by atoms with van der Waals surface area (Å²) < 4.78 is 40.6. The van der Waals surface area contributed by atoms with E-state index in [0.717, 1.165) is 19.0 Å². The molecule has 0 saturated carbocycles. The maximum atomic E-state index is 12.9. The van der Waals surface area contributed by atoms with Crippen molar-refractivity contribution in [1.29, 1.82) is 0 Å². The number of carbonyl (C=O) groups excluding carboxylic acids is 1. The summed E-state index contributed by atoms with van der Waals surface area (Å²) >= 11 is 0. The summed E-state index contributed by atoms with van der Waals surface area (Å²) in [5.74, 6) is -0.455. The van der Waals surface area contributed by atoms with Gasteiger partial charge in [-0.1, -0.05) is 12.1 Å². The Balaban J connectivity index is 1.76. The molecule has 1 heterocycles. The van der Waals surface area contributed by atoms with Gasteiger partial charge in [-0.15, -0.1) is 0 Å². The zero-order valence-corrected chi connectivity index (χ0v) is 13.9. The number of alkyl halides is 3. The molecule has 0 aliphatic rings. The van der Waals surface area contributed by atoms with Crippen molar-refractivity contribution < 1.29 is 18.0 Å². The number of aryl methyl sites for hydroxylation is 1. The summed E-state index contributed by atoms with van der Waals surface area (Å²) in [5, 5.41) is 9.62. The highest BCUT2D eigenvalue weighted by Gasteiger charge is 2.33. The van der Waals surface area contributed by atoms with Crippen LogP contribution in [0.15, 0.2) is 42.7 Å². The molecule has 5 nitrogen and oxygen atoms in total. The normalized spacial score (nSPS) is 12.8. The number of hydrogen-bond acceptors (Lipinski definition) is 3. The first-order valence-electron chi connectivity index (χ1n) is 8.03. The lowest BCUT2D eigenvalue weighted by atomic mass is 10.1. The number of para-hydroxylation sites is 1. The Kier molecular flexibility index (Phi) is 6.58. The summed E-state index contributed by atoms with van der Waals surface area (Å²) in [4.78, 5) is 12.0. The van der Waals surface area contributed by atoms with Gasteiger partial charge in [0.05, 0.1) is 11.3 Å². The van der Waals surface area contributed by atoms with Crippen molar-refractivity contribution in [3.63, 3.8) is 0 Å². The van der Waals surface area contributed by atoms with E-state index in [4.69, 9.17) is 0 Å². The summed E-state index contributed by atoms with van der Waals surface area (Å²) in [6, 6.07) is 6.66. The predicted octanol–water partition coefficient (Wildman–Crippen LogP) is 3.30. The summed E-state index contributed by atoms with van der Waals surface area (Å²) in [7, 11) is 0. The second-order valence-electron chi connectivity index (χ2n) is 5.77. The maximum Gasteiger partial charge on any atom is 0.418 e. The third-order valence-corrected chi connectivity index (χ3v) is 3.61. The quantitative estimate of drug-likeness (QED) is 0.715. The molecule has 0 aliphatic carbocycles. The molecule has 1 aromatic heterocycles. The molecule has 1 unspecified atom stereocenters. The fourth-order valence-electron chi connectivity index (χ4n) is 2.41. The number of benzene rings is 1. The number of rotatable bonds is 8. The Labute approximate surface area is 144 Å². The number of halogens is 3. The lowest BCUT2D eigenvalue weighted by Gasteiger charge is -2.16. The smallest absolute Gasteiger partial charge is 0.325 e. The van der Waals surface area contributed by atoms with Crippen LogP contribution in [0.3, 0.4) is 0 Å². The molecule has 0 radical (unpaired) electrons. The Morgan fingerprint density at radius 3 is 2.72 bits per heavy atom. The van der Waals surface area contributed by atoms with Crippen LogP contribution in [-0.2, 0) is 17.5 Å². The van der Waals surface area contributed by atoms with E-state index in [0.29, 0.717) is 6.54 Å². The SMILES string of the molecule is CC(CC(=O)Nc1ccccc1C(F)(F)F)NCCCn1cccn1. The van der Waals surface area contributed by atoms with Crippen molar-refractivity contribution >= 4 is 11.6 Å². The van der Waals surface area contributed by atoms with Gasteiger partial charge >= 0.3 is 6.18 Å². The molecule has 1 aromatic carbocycles. The van der Waals surface area contributed by atoms with Gasteiger partial charge in [-0.25, -0.2) is 0 Å². The minimum Gasteiger partial charge on any atom is -0.325 e. The van der Waals surface area contributed by atoms with Crippen molar-refractivity contribution in [2.45, 2.75) is 38.5 Å². The molecule has 0 saturated heterocycles. The summed E-state index contributed by atoms with van der Waals surface area (Å²) in [6.45, 7) is 3.27. The average molecular weight is 354 g/mol. The van der Waals surface area contributed by atoms with Gasteiger partial charge in [-0.3, -0.25) is 9.48 Å². The van der Waals surface area contributed by atoms with E-state index in [1.165, 1.54) is 18.2 Å². The van der Waals surface area contributed by atoms with Gasteiger partial charge in [0.25, 0.3) is 0 Å². The highest BCUT2D eigenvalue weighted by molar-refractivity contribution is 5.92. The molecule has 25 heavy (non-hydrogen) atoms. The number of nitrogens with one attached hydrogen (secondary N) is 2. The van der Waals surface area contributed by atoms with Crippen molar-refractivity contribution in [3.8, 4) is 0 Å². The van der Waals surface area contributed by atoms with Crippen LogP contribution >= 0.6 is 0 Å². The number of nitrogens with zero attached hydrogens (tertiary/aromatic N) is 2.